The van der Waals surface area contributed by atoms with Crippen molar-refractivity contribution >= 4 is 23.5 Å². The second-order valence-electron chi connectivity index (χ2n) is 9.61. The average Bonchev–Trinajstić information content (AvgIpc) is 3.56. The number of hydrogen-bond donors (Lipinski definition) is 3. The van der Waals surface area contributed by atoms with Gasteiger partial charge in [0.25, 0.3) is 5.91 Å². The van der Waals surface area contributed by atoms with Crippen molar-refractivity contribution in [2.24, 2.45) is 5.92 Å². The van der Waals surface area contributed by atoms with Gasteiger partial charge in [0.1, 0.15) is 0 Å². The number of rotatable bonds is 8. The summed E-state index contributed by atoms with van der Waals surface area (Å²) in [5.41, 5.74) is 0.660. The highest BCUT2D eigenvalue weighted by atomic mass is 16.5. The zero-order chi connectivity index (χ0) is 25.3. The van der Waals surface area contributed by atoms with Crippen molar-refractivity contribution in [2.75, 3.05) is 33.5 Å². The number of H-pyrrole nitrogens is 1. The van der Waals surface area contributed by atoms with Gasteiger partial charge in [0.05, 0.1) is 43.7 Å². The lowest BCUT2D eigenvalue weighted by Gasteiger charge is -2.34. The number of aromatic nitrogens is 3. The summed E-state index contributed by atoms with van der Waals surface area (Å²) in [6.45, 7) is 7.78. The fourth-order valence-electron chi connectivity index (χ4n) is 4.37. The number of amides is 2. The van der Waals surface area contributed by atoms with E-state index in [1.807, 2.05) is 13.8 Å². The van der Waals surface area contributed by atoms with Crippen molar-refractivity contribution in [3.05, 3.63) is 33.3 Å². The van der Waals surface area contributed by atoms with Gasteiger partial charge in [-0.2, -0.15) is 4.57 Å². The molecule has 2 amide bonds. The van der Waals surface area contributed by atoms with Crippen molar-refractivity contribution in [3.8, 4) is 5.88 Å². The molecule has 2 aromatic heterocycles. The number of methoxy groups -OCH3 is 1. The van der Waals surface area contributed by atoms with Crippen LogP contribution in [0.2, 0.25) is 0 Å². The largest absolute Gasteiger partial charge is 0.477 e. The van der Waals surface area contributed by atoms with Crippen LogP contribution in [0.15, 0.2) is 10.9 Å². The van der Waals surface area contributed by atoms with E-state index in [4.69, 9.17) is 9.47 Å². The summed E-state index contributed by atoms with van der Waals surface area (Å²) in [5, 5.41) is 16.9. The number of carbonyl (C=O) groups excluding carboxylic acids is 2. The van der Waals surface area contributed by atoms with E-state index in [9.17, 15) is 19.5 Å². The Balaban J connectivity index is 1.77. The van der Waals surface area contributed by atoms with Crippen LogP contribution in [0.1, 0.15) is 48.3 Å². The molecule has 1 saturated carbocycles. The van der Waals surface area contributed by atoms with E-state index in [2.05, 4.69) is 10.4 Å². The first-order chi connectivity index (χ1) is 16.7. The Labute approximate surface area is 203 Å². The lowest BCUT2D eigenvalue weighted by atomic mass is 10.1. The molecule has 0 aromatic carbocycles. The molecule has 1 atom stereocenters. The Kier molecular flexibility index (Phi) is 7.27. The van der Waals surface area contributed by atoms with Crippen molar-refractivity contribution < 1.29 is 28.7 Å². The van der Waals surface area contributed by atoms with Crippen molar-refractivity contribution in [2.45, 2.75) is 52.2 Å². The number of hydrogen-bond acceptors (Lipinski definition) is 6. The van der Waals surface area contributed by atoms with Gasteiger partial charge in [-0.3, -0.25) is 9.59 Å². The molecule has 3 N–H and O–H groups in total. The molecule has 0 unspecified atom stereocenters. The lowest BCUT2D eigenvalue weighted by Crippen LogP contribution is -2.50. The van der Waals surface area contributed by atoms with Crippen LogP contribution >= 0.6 is 0 Å². The van der Waals surface area contributed by atoms with Crippen LogP contribution in [0.5, 0.6) is 5.88 Å². The summed E-state index contributed by atoms with van der Waals surface area (Å²) in [7, 11) is 1.58. The van der Waals surface area contributed by atoms with Gasteiger partial charge in [-0.15, -0.1) is 0 Å². The summed E-state index contributed by atoms with van der Waals surface area (Å²) in [5.74, 6) is -1.05. The Hall–Kier alpha value is -3.18. The minimum Gasteiger partial charge on any atom is -0.477 e. The monoisotopic (exact) mass is 488 g/mol. The number of morpholine rings is 1. The minimum absolute atomic E-state index is 0.0394. The molecule has 2 aliphatic rings. The molecule has 2 fully saturated rings. The second-order valence-corrected chi connectivity index (χ2v) is 9.61. The van der Waals surface area contributed by atoms with Crippen LogP contribution in [0.4, 0.5) is 0 Å². The average molecular weight is 489 g/mol. The molecule has 0 radical (unpaired) electrons. The third kappa shape index (κ3) is 5.10. The van der Waals surface area contributed by atoms with Crippen molar-refractivity contribution in [3.63, 3.8) is 0 Å². The molecule has 11 heteroatoms. The highest BCUT2D eigenvalue weighted by Gasteiger charge is 2.35. The third-order valence-corrected chi connectivity index (χ3v) is 6.24. The molecule has 190 valence electrons. The van der Waals surface area contributed by atoms with Crippen LogP contribution in [0.3, 0.4) is 0 Å². The highest BCUT2D eigenvalue weighted by molar-refractivity contribution is 5.96. The van der Waals surface area contributed by atoms with Crippen LogP contribution in [-0.4, -0.2) is 77.0 Å². The SMILES string of the molecule is COC[C@@H]1COCCN1C(=O)/C=C/c1c(C)[nH]n2c(=O)c(C(=O)NC3CC3)c(O)[n+](CC(C)C)c12. The summed E-state index contributed by atoms with van der Waals surface area (Å²) in [6, 6.07) is -0.141. The summed E-state index contributed by atoms with van der Waals surface area (Å²) in [4.78, 5) is 40.8. The Morgan fingerprint density at radius 2 is 2.11 bits per heavy atom. The van der Waals surface area contributed by atoms with Gasteiger partial charge in [-0.1, -0.05) is 18.4 Å². The first-order valence-electron chi connectivity index (χ1n) is 12.0. The molecule has 35 heavy (non-hydrogen) atoms. The Bertz CT molecular complexity index is 1210. The van der Waals surface area contributed by atoms with E-state index < -0.39 is 11.5 Å². The number of carbonyl (C=O) groups is 2. The number of fused-ring (bicyclic) bond motifs is 1. The molecule has 11 nitrogen and oxygen atoms in total. The van der Waals surface area contributed by atoms with Gasteiger partial charge in [0.15, 0.2) is 0 Å². The predicted octanol–water partition coefficient (Wildman–Crippen LogP) is 0.364. The van der Waals surface area contributed by atoms with E-state index in [0.29, 0.717) is 49.8 Å². The second kappa shape index (κ2) is 10.2. The maximum atomic E-state index is 13.3. The number of aromatic amines is 1. The first-order valence-corrected chi connectivity index (χ1v) is 12.0. The molecule has 0 spiro atoms. The van der Waals surface area contributed by atoms with Crippen molar-refractivity contribution in [1.82, 2.24) is 19.8 Å². The van der Waals surface area contributed by atoms with E-state index in [1.54, 1.807) is 29.6 Å². The molecular weight excluding hydrogens is 454 g/mol. The molecule has 2 aromatic rings. The smallest absolute Gasteiger partial charge is 0.378 e. The quantitative estimate of drug-likeness (QED) is 0.364. The number of nitrogens with zero attached hydrogens (tertiary/aromatic N) is 3. The molecule has 1 aliphatic heterocycles. The van der Waals surface area contributed by atoms with E-state index in [-0.39, 0.29) is 35.4 Å². The fraction of sp³-hybridized carbons (Fsp3) is 0.583. The number of ether oxygens (including phenoxy) is 2. The summed E-state index contributed by atoms with van der Waals surface area (Å²) in [6.07, 6.45) is 4.82. The molecule has 0 bridgehead atoms. The summed E-state index contributed by atoms with van der Waals surface area (Å²) >= 11 is 0. The third-order valence-electron chi connectivity index (χ3n) is 6.24. The van der Waals surface area contributed by atoms with Crippen LogP contribution in [0.25, 0.3) is 11.7 Å². The van der Waals surface area contributed by atoms with E-state index >= 15 is 0 Å². The van der Waals surface area contributed by atoms with Gasteiger partial charge >= 0.3 is 17.1 Å². The number of aryl methyl sites for hydroxylation is 1. The van der Waals surface area contributed by atoms with Crippen molar-refractivity contribution in [1.29, 1.82) is 0 Å². The van der Waals surface area contributed by atoms with Gasteiger partial charge in [-0.25, -0.2) is 9.89 Å². The molecule has 1 saturated heterocycles. The minimum atomic E-state index is -0.641. The number of nitrogens with one attached hydrogen (secondary N) is 2. The number of aromatic hydroxyl groups is 1. The highest BCUT2D eigenvalue weighted by Crippen LogP contribution is 2.22. The van der Waals surface area contributed by atoms with Crippen LogP contribution < -0.4 is 15.4 Å². The van der Waals surface area contributed by atoms with E-state index in [1.165, 1.54) is 10.6 Å². The molecule has 4 rings (SSSR count). The Morgan fingerprint density at radius 1 is 1.37 bits per heavy atom. The van der Waals surface area contributed by atoms with Gasteiger partial charge in [-0.05, 0) is 31.8 Å². The first kappa shape index (κ1) is 24.9. The van der Waals surface area contributed by atoms with Gasteiger partial charge in [0, 0.05) is 25.8 Å². The topological polar surface area (TPSA) is 129 Å². The standard InChI is InChI=1S/C24H33N5O6/c1-14(2)11-28-22-18(7-8-19(30)27-9-10-35-13-17(27)12-34-4)15(3)26-29(22)24(33)20(23(28)32)21(31)25-16-5-6-16/h7-8,14,16-17H,5-6,9-13H2,1-4H3,(H2,25,31,32,33)/p+1/b8-7+/t17-/m1/s1. The maximum Gasteiger partial charge on any atom is 0.378 e. The fourth-order valence-corrected chi connectivity index (χ4v) is 4.37. The van der Waals surface area contributed by atoms with Crippen LogP contribution in [0, 0.1) is 12.8 Å². The predicted molar refractivity (Wildman–Crippen MR) is 127 cm³/mol. The molecular formula is C24H34N5O6+. The maximum absolute atomic E-state index is 13.3. The van der Waals surface area contributed by atoms with Crippen LogP contribution in [-0.2, 0) is 20.8 Å². The normalized spacial score (nSPS) is 18.7. The summed E-state index contributed by atoms with van der Waals surface area (Å²) < 4.78 is 13.5. The zero-order valence-corrected chi connectivity index (χ0v) is 20.7. The van der Waals surface area contributed by atoms with E-state index in [0.717, 1.165) is 12.8 Å². The molecule has 1 aliphatic carbocycles. The zero-order valence-electron chi connectivity index (χ0n) is 20.7. The molecule has 3 heterocycles. The lowest BCUT2D eigenvalue weighted by molar-refractivity contribution is -0.686. The van der Waals surface area contributed by atoms with Gasteiger partial charge < -0.3 is 24.8 Å². The van der Waals surface area contributed by atoms with Gasteiger partial charge in [0.2, 0.25) is 11.5 Å². The Morgan fingerprint density at radius 3 is 2.77 bits per heavy atom.